The zero-order valence-corrected chi connectivity index (χ0v) is 17.9. The molecule has 0 fully saturated rings. The number of hydrogen-bond acceptors (Lipinski definition) is 3. The second kappa shape index (κ2) is 7.18. The molecule has 6 heteroatoms. The van der Waals surface area contributed by atoms with Crippen LogP contribution in [0.3, 0.4) is 0 Å². The third-order valence-corrected chi connectivity index (χ3v) is 7.09. The number of fused-ring (bicyclic) bond motifs is 4. The van der Waals surface area contributed by atoms with Gasteiger partial charge in [-0.1, -0.05) is 18.2 Å². The van der Waals surface area contributed by atoms with Gasteiger partial charge in [-0.25, -0.2) is 4.39 Å². The molecule has 1 aliphatic carbocycles. The Morgan fingerprint density at radius 2 is 2.06 bits per heavy atom. The summed E-state index contributed by atoms with van der Waals surface area (Å²) < 4.78 is 15.6. The van der Waals surface area contributed by atoms with Gasteiger partial charge < -0.3 is 21.1 Å². The first-order chi connectivity index (χ1) is 14.8. The van der Waals surface area contributed by atoms with Crippen molar-refractivity contribution in [2.75, 3.05) is 6.54 Å². The molecule has 2 aliphatic rings. The van der Waals surface area contributed by atoms with E-state index < -0.39 is 17.3 Å². The van der Waals surface area contributed by atoms with E-state index in [1.54, 1.807) is 0 Å². The van der Waals surface area contributed by atoms with Crippen molar-refractivity contribution in [3.63, 3.8) is 0 Å². The van der Waals surface area contributed by atoms with Crippen molar-refractivity contribution in [2.45, 2.75) is 51.7 Å². The van der Waals surface area contributed by atoms with Crippen LogP contribution >= 0.6 is 0 Å². The summed E-state index contributed by atoms with van der Waals surface area (Å²) in [5.74, 6) is -0.971. The molecule has 5 nitrogen and oxygen atoms in total. The van der Waals surface area contributed by atoms with Crippen LogP contribution in [0, 0.1) is 11.7 Å². The summed E-state index contributed by atoms with van der Waals surface area (Å²) in [5, 5.41) is 14.7. The first-order valence-electron chi connectivity index (χ1n) is 11.0. The lowest BCUT2D eigenvalue weighted by atomic mass is 9.77. The molecule has 0 saturated heterocycles. The van der Waals surface area contributed by atoms with Crippen molar-refractivity contribution in [1.29, 1.82) is 0 Å². The molecule has 0 spiro atoms. The summed E-state index contributed by atoms with van der Waals surface area (Å²) in [6, 6.07) is 7.31. The summed E-state index contributed by atoms with van der Waals surface area (Å²) in [6.07, 6.45) is 3.01. The lowest BCUT2D eigenvalue weighted by molar-refractivity contribution is 0.0107. The molecule has 5 rings (SSSR count). The SMILES string of the molecule is CC(C)(O)[C@H]1CCc2c([nH]c3c(C(N)=O)cc(F)c(-c4cccc5c4CCNC5)c23)C1. The zero-order valence-electron chi connectivity index (χ0n) is 17.9. The number of aromatic nitrogens is 1. The number of halogens is 1. The molecule has 3 aromatic rings. The molecule has 31 heavy (non-hydrogen) atoms. The molecule has 1 aromatic heterocycles. The molecule has 162 valence electrons. The molecule has 1 atom stereocenters. The molecule has 0 unspecified atom stereocenters. The van der Waals surface area contributed by atoms with Gasteiger partial charge in [0.25, 0.3) is 5.91 Å². The second-order valence-corrected chi connectivity index (χ2v) is 9.44. The van der Waals surface area contributed by atoms with Gasteiger partial charge in [-0.2, -0.15) is 0 Å². The molecular weight excluding hydrogens is 393 g/mol. The topological polar surface area (TPSA) is 91.1 Å². The Bertz CT molecular complexity index is 1210. The Balaban J connectivity index is 1.80. The van der Waals surface area contributed by atoms with Crippen molar-refractivity contribution in [2.24, 2.45) is 11.7 Å². The van der Waals surface area contributed by atoms with E-state index >= 15 is 4.39 Å². The number of nitrogens with two attached hydrogens (primary N) is 1. The lowest BCUT2D eigenvalue weighted by Crippen LogP contribution is -2.34. The van der Waals surface area contributed by atoms with Crippen LogP contribution in [0.15, 0.2) is 24.3 Å². The normalized spacial score (nSPS) is 18.6. The fourth-order valence-electron chi connectivity index (χ4n) is 5.40. The number of nitrogens with one attached hydrogen (secondary N) is 2. The molecule has 0 bridgehead atoms. The van der Waals surface area contributed by atoms with Crippen LogP contribution in [0.1, 0.15) is 53.0 Å². The van der Waals surface area contributed by atoms with Crippen LogP contribution in [0.25, 0.3) is 22.0 Å². The fourth-order valence-corrected chi connectivity index (χ4v) is 5.40. The monoisotopic (exact) mass is 421 g/mol. The molecular formula is C25H28FN3O2. The Labute approximate surface area is 180 Å². The van der Waals surface area contributed by atoms with Crippen LogP contribution in [-0.2, 0) is 25.8 Å². The van der Waals surface area contributed by atoms with Gasteiger partial charge in [0, 0.05) is 23.2 Å². The number of amides is 1. The van der Waals surface area contributed by atoms with Gasteiger partial charge >= 0.3 is 0 Å². The molecule has 2 heterocycles. The van der Waals surface area contributed by atoms with Crippen molar-refractivity contribution < 1.29 is 14.3 Å². The number of primary amides is 1. The number of benzene rings is 2. The van der Waals surface area contributed by atoms with Gasteiger partial charge in [-0.15, -0.1) is 0 Å². The highest BCUT2D eigenvalue weighted by Gasteiger charge is 2.34. The van der Waals surface area contributed by atoms with E-state index in [1.165, 1.54) is 11.6 Å². The van der Waals surface area contributed by atoms with Gasteiger partial charge in [0.2, 0.25) is 0 Å². The summed E-state index contributed by atoms with van der Waals surface area (Å²) in [5.41, 5.74) is 11.4. The number of H-pyrrole nitrogens is 1. The van der Waals surface area contributed by atoms with E-state index in [9.17, 15) is 9.90 Å². The zero-order chi connectivity index (χ0) is 21.9. The molecule has 2 aromatic carbocycles. The van der Waals surface area contributed by atoms with Crippen molar-refractivity contribution in [3.05, 3.63) is 58.0 Å². The fraction of sp³-hybridized carbons (Fsp3) is 0.400. The minimum atomic E-state index is -0.804. The minimum absolute atomic E-state index is 0.0916. The maximum absolute atomic E-state index is 15.6. The molecule has 1 aliphatic heterocycles. The second-order valence-electron chi connectivity index (χ2n) is 9.44. The maximum atomic E-state index is 15.6. The van der Waals surface area contributed by atoms with Crippen LogP contribution in [0.4, 0.5) is 4.39 Å². The van der Waals surface area contributed by atoms with Crippen molar-refractivity contribution >= 4 is 16.8 Å². The average molecular weight is 422 g/mol. The third kappa shape index (κ3) is 3.25. The molecule has 0 saturated carbocycles. The van der Waals surface area contributed by atoms with Gasteiger partial charge in [-0.3, -0.25) is 4.79 Å². The molecule has 5 N–H and O–H groups in total. The van der Waals surface area contributed by atoms with Gasteiger partial charge in [0.15, 0.2) is 0 Å². The predicted molar refractivity (Wildman–Crippen MR) is 119 cm³/mol. The van der Waals surface area contributed by atoms with E-state index in [4.69, 9.17) is 5.73 Å². The predicted octanol–water partition coefficient (Wildman–Crippen LogP) is 3.59. The Morgan fingerprint density at radius 3 is 2.81 bits per heavy atom. The highest BCUT2D eigenvalue weighted by molar-refractivity contribution is 6.11. The number of hydrogen-bond donors (Lipinski definition) is 4. The van der Waals surface area contributed by atoms with Crippen LogP contribution < -0.4 is 11.1 Å². The van der Waals surface area contributed by atoms with E-state index in [2.05, 4.69) is 16.4 Å². The van der Waals surface area contributed by atoms with Gasteiger partial charge in [0.1, 0.15) is 5.82 Å². The van der Waals surface area contributed by atoms with Gasteiger partial charge in [0.05, 0.1) is 16.7 Å². The summed E-state index contributed by atoms with van der Waals surface area (Å²) in [6.45, 7) is 5.28. The van der Waals surface area contributed by atoms with Gasteiger partial charge in [-0.05, 0) is 80.3 Å². The largest absolute Gasteiger partial charge is 0.390 e. The summed E-state index contributed by atoms with van der Waals surface area (Å²) in [7, 11) is 0. The van der Waals surface area contributed by atoms with Crippen molar-refractivity contribution in [3.8, 4) is 11.1 Å². The number of carbonyl (C=O) groups is 1. The average Bonchev–Trinajstić information content (AvgIpc) is 3.11. The number of carbonyl (C=O) groups excluding carboxylic acids is 1. The third-order valence-electron chi connectivity index (χ3n) is 7.09. The Morgan fingerprint density at radius 1 is 1.26 bits per heavy atom. The number of aromatic amines is 1. The van der Waals surface area contributed by atoms with E-state index in [0.29, 0.717) is 17.5 Å². The van der Waals surface area contributed by atoms with Crippen molar-refractivity contribution in [1.82, 2.24) is 10.3 Å². The number of rotatable bonds is 3. The van der Waals surface area contributed by atoms with E-state index in [1.807, 2.05) is 26.0 Å². The molecule has 1 amide bonds. The van der Waals surface area contributed by atoms with Crippen LogP contribution in [0.5, 0.6) is 0 Å². The van der Waals surface area contributed by atoms with E-state index in [0.717, 1.165) is 60.1 Å². The standard InChI is InChI=1S/C25H28FN3O2/c1-25(2,31)14-6-7-17-20(10-14)29-23-18(24(27)30)11-19(26)21(22(17)23)16-5-3-4-13-12-28-9-8-15(13)16/h3-5,11,14,28-29,31H,6-10,12H2,1-2H3,(H2,27,30)/t14-/m0/s1. The number of aryl methyl sites for hydroxylation is 1. The summed E-state index contributed by atoms with van der Waals surface area (Å²) >= 11 is 0. The highest BCUT2D eigenvalue weighted by atomic mass is 19.1. The highest BCUT2D eigenvalue weighted by Crippen LogP contribution is 2.43. The minimum Gasteiger partial charge on any atom is -0.390 e. The van der Waals surface area contributed by atoms with E-state index in [-0.39, 0.29) is 11.5 Å². The smallest absolute Gasteiger partial charge is 0.250 e. The van der Waals surface area contributed by atoms with Crippen LogP contribution in [0.2, 0.25) is 0 Å². The number of aliphatic hydroxyl groups is 1. The lowest BCUT2D eigenvalue weighted by Gasteiger charge is -2.32. The first-order valence-corrected chi connectivity index (χ1v) is 11.0. The van der Waals surface area contributed by atoms with Crippen LogP contribution in [-0.4, -0.2) is 28.1 Å². The maximum Gasteiger partial charge on any atom is 0.250 e. The summed E-state index contributed by atoms with van der Waals surface area (Å²) in [4.78, 5) is 15.6. The Kier molecular flexibility index (Phi) is 4.68. The quantitative estimate of drug-likeness (QED) is 0.521. The first kappa shape index (κ1) is 20.2. The Hall–Kier alpha value is -2.70. The molecule has 0 radical (unpaired) electrons.